The Morgan fingerprint density at radius 1 is 1.10 bits per heavy atom. The van der Waals surface area contributed by atoms with Gasteiger partial charge >= 0.3 is 0 Å². The number of hydrogen-bond acceptors (Lipinski definition) is 5. The minimum Gasteiger partial charge on any atom is -0.383 e. The number of ether oxygens (including phenoxy) is 1. The summed E-state index contributed by atoms with van der Waals surface area (Å²) in [5.74, 6) is 0.597. The van der Waals surface area contributed by atoms with Gasteiger partial charge in [-0.1, -0.05) is 13.8 Å². The molecule has 1 aromatic rings. The molecule has 0 radical (unpaired) electrons. The summed E-state index contributed by atoms with van der Waals surface area (Å²) < 4.78 is 7.01. The number of aromatic nitrogens is 2. The van der Waals surface area contributed by atoms with Crippen LogP contribution in [0.15, 0.2) is 12.3 Å². The van der Waals surface area contributed by atoms with E-state index in [2.05, 4.69) is 14.9 Å². The SMILES string of the molecule is CC.COCCN1CCN(CCn2ccc(N)n2)CC1. The fraction of sp³-hybridized carbons (Fsp3) is 0.786. The highest BCUT2D eigenvalue weighted by Gasteiger charge is 2.15. The number of nitrogens with zero attached hydrogens (tertiary/aromatic N) is 4. The van der Waals surface area contributed by atoms with Crippen LogP contribution >= 0.6 is 0 Å². The van der Waals surface area contributed by atoms with Gasteiger partial charge in [-0.05, 0) is 6.07 Å². The van der Waals surface area contributed by atoms with E-state index in [9.17, 15) is 0 Å². The van der Waals surface area contributed by atoms with Gasteiger partial charge in [0.2, 0.25) is 0 Å². The number of nitrogens with two attached hydrogens (primary N) is 1. The highest BCUT2D eigenvalue weighted by atomic mass is 16.5. The van der Waals surface area contributed by atoms with Crippen LogP contribution in [0.5, 0.6) is 0 Å². The van der Waals surface area contributed by atoms with Crippen molar-refractivity contribution in [1.82, 2.24) is 19.6 Å². The average Bonchev–Trinajstić information content (AvgIpc) is 2.92. The molecule has 6 nitrogen and oxygen atoms in total. The molecule has 0 aliphatic carbocycles. The zero-order valence-corrected chi connectivity index (χ0v) is 13.1. The third kappa shape index (κ3) is 5.90. The van der Waals surface area contributed by atoms with E-state index in [-0.39, 0.29) is 0 Å². The molecule has 0 unspecified atom stereocenters. The first-order valence-corrected chi connectivity index (χ1v) is 7.50. The lowest BCUT2D eigenvalue weighted by molar-refractivity contribution is 0.0949. The summed E-state index contributed by atoms with van der Waals surface area (Å²) in [6, 6.07) is 1.84. The van der Waals surface area contributed by atoms with E-state index in [1.165, 1.54) is 0 Å². The van der Waals surface area contributed by atoms with Crippen molar-refractivity contribution in [3.05, 3.63) is 12.3 Å². The predicted molar refractivity (Wildman–Crippen MR) is 82.7 cm³/mol. The molecule has 0 saturated carbocycles. The lowest BCUT2D eigenvalue weighted by atomic mass is 10.3. The van der Waals surface area contributed by atoms with Crippen LogP contribution in [0.25, 0.3) is 0 Å². The van der Waals surface area contributed by atoms with Crippen molar-refractivity contribution in [2.75, 3.05) is 58.7 Å². The monoisotopic (exact) mass is 283 g/mol. The van der Waals surface area contributed by atoms with Gasteiger partial charge in [-0.15, -0.1) is 0 Å². The number of piperazine rings is 1. The van der Waals surface area contributed by atoms with Gasteiger partial charge in [0.1, 0.15) is 5.82 Å². The minimum atomic E-state index is 0.597. The summed E-state index contributed by atoms with van der Waals surface area (Å²) >= 11 is 0. The fourth-order valence-corrected chi connectivity index (χ4v) is 2.20. The molecule has 0 spiro atoms. The van der Waals surface area contributed by atoms with Crippen LogP contribution in [0, 0.1) is 0 Å². The van der Waals surface area contributed by atoms with Crippen molar-refractivity contribution in [3.63, 3.8) is 0 Å². The Balaban J connectivity index is 0.000000956. The van der Waals surface area contributed by atoms with Crippen molar-refractivity contribution < 1.29 is 4.74 Å². The smallest absolute Gasteiger partial charge is 0.145 e. The first-order valence-electron chi connectivity index (χ1n) is 7.50. The zero-order chi connectivity index (χ0) is 14.8. The Morgan fingerprint density at radius 2 is 1.70 bits per heavy atom. The standard InChI is InChI=1S/C12H23N5O.C2H6/c1-18-11-10-16-6-4-15(5-7-16)8-9-17-3-2-12(13)14-17;1-2/h2-3H,4-11H2,1H3,(H2,13,14);1-2H3. The van der Waals surface area contributed by atoms with E-state index in [1.54, 1.807) is 7.11 Å². The van der Waals surface area contributed by atoms with Crippen molar-refractivity contribution in [3.8, 4) is 0 Å². The molecule has 1 aromatic heterocycles. The molecule has 2 N–H and O–H groups in total. The molecule has 6 heteroatoms. The second-order valence-corrected chi connectivity index (χ2v) is 4.68. The summed E-state index contributed by atoms with van der Waals surface area (Å²) in [6.07, 6.45) is 1.93. The number of anilines is 1. The van der Waals surface area contributed by atoms with Crippen molar-refractivity contribution >= 4 is 5.82 Å². The van der Waals surface area contributed by atoms with Gasteiger partial charge < -0.3 is 10.5 Å². The van der Waals surface area contributed by atoms with Gasteiger partial charge in [0.15, 0.2) is 0 Å². The number of rotatable bonds is 6. The van der Waals surface area contributed by atoms with Crippen LogP contribution in [0.4, 0.5) is 5.82 Å². The van der Waals surface area contributed by atoms with Gasteiger partial charge in [-0.25, -0.2) is 0 Å². The molecular formula is C14H29N5O. The molecule has 1 aliphatic heterocycles. The molecule has 0 bridgehead atoms. The third-order valence-corrected chi connectivity index (χ3v) is 3.38. The maximum Gasteiger partial charge on any atom is 0.145 e. The largest absolute Gasteiger partial charge is 0.383 e. The van der Waals surface area contributed by atoms with E-state index in [4.69, 9.17) is 10.5 Å². The van der Waals surface area contributed by atoms with Gasteiger partial charge in [0, 0.05) is 52.6 Å². The first-order chi connectivity index (χ1) is 9.78. The quantitative estimate of drug-likeness (QED) is 0.835. The molecule has 0 aromatic carbocycles. The summed E-state index contributed by atoms with van der Waals surface area (Å²) in [4.78, 5) is 4.92. The van der Waals surface area contributed by atoms with E-state index in [0.29, 0.717) is 5.82 Å². The van der Waals surface area contributed by atoms with Gasteiger partial charge in [-0.3, -0.25) is 14.5 Å². The van der Waals surface area contributed by atoms with Crippen LogP contribution in [0.3, 0.4) is 0 Å². The zero-order valence-electron chi connectivity index (χ0n) is 13.1. The van der Waals surface area contributed by atoms with Crippen LogP contribution < -0.4 is 5.73 Å². The molecule has 1 saturated heterocycles. The molecule has 1 aliphatic rings. The Labute approximate surface area is 122 Å². The van der Waals surface area contributed by atoms with E-state index in [0.717, 1.165) is 52.4 Å². The average molecular weight is 283 g/mol. The fourth-order valence-electron chi connectivity index (χ4n) is 2.20. The summed E-state index contributed by atoms with van der Waals surface area (Å²) in [5, 5.41) is 4.19. The highest BCUT2D eigenvalue weighted by molar-refractivity contribution is 5.23. The Kier molecular flexibility index (Phi) is 8.25. The van der Waals surface area contributed by atoms with Crippen LogP contribution in [-0.2, 0) is 11.3 Å². The van der Waals surface area contributed by atoms with Crippen molar-refractivity contribution in [2.24, 2.45) is 0 Å². The molecule has 0 atom stereocenters. The molecule has 2 rings (SSSR count). The summed E-state index contributed by atoms with van der Waals surface area (Å²) in [7, 11) is 1.76. The van der Waals surface area contributed by atoms with Crippen LogP contribution in [0.1, 0.15) is 13.8 Å². The van der Waals surface area contributed by atoms with E-state index < -0.39 is 0 Å². The number of methoxy groups -OCH3 is 1. The lowest BCUT2D eigenvalue weighted by Gasteiger charge is -2.34. The molecule has 116 valence electrons. The minimum absolute atomic E-state index is 0.597. The Morgan fingerprint density at radius 3 is 2.20 bits per heavy atom. The number of nitrogen functional groups attached to an aromatic ring is 1. The Bertz CT molecular complexity index is 347. The second kappa shape index (κ2) is 9.74. The molecular weight excluding hydrogens is 254 g/mol. The first kappa shape index (κ1) is 16.9. The maximum absolute atomic E-state index is 5.59. The molecule has 0 amide bonds. The molecule has 1 fully saturated rings. The summed E-state index contributed by atoms with van der Waals surface area (Å²) in [5.41, 5.74) is 5.59. The highest BCUT2D eigenvalue weighted by Crippen LogP contribution is 2.02. The topological polar surface area (TPSA) is 59.5 Å². The maximum atomic E-state index is 5.59. The van der Waals surface area contributed by atoms with E-state index in [1.807, 2.05) is 30.8 Å². The van der Waals surface area contributed by atoms with Crippen molar-refractivity contribution in [1.29, 1.82) is 0 Å². The van der Waals surface area contributed by atoms with Gasteiger partial charge in [0.25, 0.3) is 0 Å². The predicted octanol–water partition coefficient (Wildman–Crippen LogP) is 0.756. The van der Waals surface area contributed by atoms with E-state index >= 15 is 0 Å². The Hall–Kier alpha value is -1.11. The normalized spacial score (nSPS) is 16.8. The van der Waals surface area contributed by atoms with Crippen LogP contribution in [0.2, 0.25) is 0 Å². The van der Waals surface area contributed by atoms with Crippen LogP contribution in [-0.4, -0.2) is 72.6 Å². The third-order valence-electron chi connectivity index (χ3n) is 3.38. The summed E-state index contributed by atoms with van der Waals surface area (Å²) in [6.45, 7) is 12.3. The lowest BCUT2D eigenvalue weighted by Crippen LogP contribution is -2.47. The number of hydrogen-bond donors (Lipinski definition) is 1. The second-order valence-electron chi connectivity index (χ2n) is 4.68. The van der Waals surface area contributed by atoms with Gasteiger partial charge in [0.05, 0.1) is 13.2 Å². The van der Waals surface area contributed by atoms with Crippen molar-refractivity contribution in [2.45, 2.75) is 20.4 Å². The molecule has 2 heterocycles. The molecule has 20 heavy (non-hydrogen) atoms. The van der Waals surface area contributed by atoms with Gasteiger partial charge in [-0.2, -0.15) is 5.10 Å².